The third-order valence-electron chi connectivity index (χ3n) is 5.63. The van der Waals surface area contributed by atoms with Crippen molar-refractivity contribution in [1.29, 1.82) is 0 Å². The van der Waals surface area contributed by atoms with Gasteiger partial charge in [0.1, 0.15) is 12.1 Å². The van der Waals surface area contributed by atoms with Crippen LogP contribution in [-0.2, 0) is 15.1 Å². The molecule has 0 bridgehead atoms. The number of hydrogen-bond acceptors (Lipinski definition) is 4. The Morgan fingerprint density at radius 3 is 2.38 bits per heavy atom. The van der Waals surface area contributed by atoms with Crippen molar-refractivity contribution in [2.24, 2.45) is 0 Å². The van der Waals surface area contributed by atoms with Crippen LogP contribution in [0.1, 0.15) is 35.3 Å². The second kappa shape index (κ2) is 8.63. The van der Waals surface area contributed by atoms with Gasteiger partial charge in [0.05, 0.1) is 11.7 Å². The van der Waals surface area contributed by atoms with Crippen LogP contribution in [0, 0.1) is 6.92 Å². The Labute approximate surface area is 186 Å². The van der Waals surface area contributed by atoms with Gasteiger partial charge in [-0.05, 0) is 37.1 Å². The molecule has 0 spiro atoms. The molecule has 2 unspecified atom stereocenters. The standard InChI is InChI=1S/C25H24N4O3/c1-17-11-13-19(14-12-17)25(2)23(31)29(24(32)28-25)16-21(30)27-22(18-8-4-3-5-9-18)20-10-6-7-15-26-20/h3-15,22H,16H2,1-2H3,(H,27,30)(H,28,32). The average molecular weight is 428 g/mol. The maximum absolute atomic E-state index is 13.1. The van der Waals surface area contributed by atoms with Crippen molar-refractivity contribution in [1.82, 2.24) is 20.5 Å². The second-order valence-corrected chi connectivity index (χ2v) is 7.98. The van der Waals surface area contributed by atoms with Crippen LogP contribution >= 0.6 is 0 Å². The summed E-state index contributed by atoms with van der Waals surface area (Å²) in [6, 6.07) is 21.2. The molecule has 2 N–H and O–H groups in total. The fourth-order valence-corrected chi connectivity index (χ4v) is 3.79. The van der Waals surface area contributed by atoms with Crippen molar-refractivity contribution in [3.63, 3.8) is 0 Å². The molecule has 0 saturated carbocycles. The largest absolute Gasteiger partial charge is 0.342 e. The Bertz CT molecular complexity index is 1090. The minimum Gasteiger partial charge on any atom is -0.342 e. The van der Waals surface area contributed by atoms with Crippen LogP contribution in [0.25, 0.3) is 0 Å². The van der Waals surface area contributed by atoms with Crippen LogP contribution in [-0.4, -0.2) is 34.3 Å². The van der Waals surface area contributed by atoms with Gasteiger partial charge < -0.3 is 10.6 Å². The molecule has 1 aromatic heterocycles. The number of nitrogens with zero attached hydrogens (tertiary/aromatic N) is 2. The zero-order valence-electron chi connectivity index (χ0n) is 17.9. The molecular formula is C25H24N4O3. The van der Waals surface area contributed by atoms with Gasteiger partial charge in [0, 0.05) is 6.20 Å². The lowest BCUT2D eigenvalue weighted by molar-refractivity contribution is -0.135. The van der Waals surface area contributed by atoms with Crippen LogP contribution in [0.15, 0.2) is 79.0 Å². The van der Waals surface area contributed by atoms with Crippen LogP contribution in [0.4, 0.5) is 4.79 Å². The van der Waals surface area contributed by atoms with E-state index in [0.717, 1.165) is 16.0 Å². The summed E-state index contributed by atoms with van der Waals surface area (Å²) < 4.78 is 0. The van der Waals surface area contributed by atoms with Gasteiger partial charge in [-0.2, -0.15) is 0 Å². The average Bonchev–Trinajstić information content (AvgIpc) is 3.03. The molecule has 1 aliphatic heterocycles. The van der Waals surface area contributed by atoms with Gasteiger partial charge in [0.15, 0.2) is 0 Å². The molecule has 4 amide bonds. The molecule has 32 heavy (non-hydrogen) atoms. The van der Waals surface area contributed by atoms with Crippen LogP contribution in [0.3, 0.4) is 0 Å². The predicted octanol–water partition coefficient (Wildman–Crippen LogP) is 3.06. The van der Waals surface area contributed by atoms with Gasteiger partial charge in [-0.25, -0.2) is 4.79 Å². The highest BCUT2D eigenvalue weighted by molar-refractivity contribution is 6.09. The maximum Gasteiger partial charge on any atom is 0.325 e. The highest BCUT2D eigenvalue weighted by atomic mass is 16.2. The maximum atomic E-state index is 13.1. The van der Waals surface area contributed by atoms with E-state index in [9.17, 15) is 14.4 Å². The third kappa shape index (κ3) is 4.09. The van der Waals surface area contributed by atoms with Crippen LogP contribution in [0.5, 0.6) is 0 Å². The van der Waals surface area contributed by atoms with Crippen molar-refractivity contribution in [3.8, 4) is 0 Å². The molecular weight excluding hydrogens is 404 g/mol. The second-order valence-electron chi connectivity index (χ2n) is 7.98. The Balaban J connectivity index is 1.53. The van der Waals surface area contributed by atoms with E-state index in [4.69, 9.17) is 0 Å². The number of aryl methyl sites for hydroxylation is 1. The van der Waals surface area contributed by atoms with Gasteiger partial charge in [-0.3, -0.25) is 19.5 Å². The molecule has 2 aromatic carbocycles. The SMILES string of the molecule is Cc1ccc(C2(C)NC(=O)N(CC(=O)NC(c3ccccc3)c3ccccn3)C2=O)cc1. The van der Waals surface area contributed by atoms with Gasteiger partial charge in [0.2, 0.25) is 5.91 Å². The summed E-state index contributed by atoms with van der Waals surface area (Å²) in [5, 5.41) is 5.65. The predicted molar refractivity (Wildman–Crippen MR) is 119 cm³/mol. The highest BCUT2D eigenvalue weighted by Gasteiger charge is 2.49. The Morgan fingerprint density at radius 2 is 1.72 bits per heavy atom. The molecule has 2 heterocycles. The summed E-state index contributed by atoms with van der Waals surface area (Å²) in [4.78, 5) is 44.0. The number of aromatic nitrogens is 1. The number of pyridine rings is 1. The molecule has 3 aromatic rings. The number of urea groups is 1. The number of hydrogen-bond donors (Lipinski definition) is 2. The molecule has 7 heteroatoms. The minimum absolute atomic E-state index is 0.387. The van der Waals surface area contributed by atoms with Crippen molar-refractivity contribution in [3.05, 3.63) is 101 Å². The molecule has 4 rings (SSSR count). The van der Waals surface area contributed by atoms with Gasteiger partial charge >= 0.3 is 6.03 Å². The summed E-state index contributed by atoms with van der Waals surface area (Å²) in [6.07, 6.45) is 1.65. The zero-order chi connectivity index (χ0) is 22.7. The molecule has 7 nitrogen and oxygen atoms in total. The Kier molecular flexibility index (Phi) is 5.73. The van der Waals surface area contributed by atoms with E-state index in [0.29, 0.717) is 11.3 Å². The fraction of sp³-hybridized carbons (Fsp3) is 0.200. The third-order valence-corrected chi connectivity index (χ3v) is 5.63. The molecule has 1 fully saturated rings. The van der Waals surface area contributed by atoms with E-state index >= 15 is 0 Å². The smallest absolute Gasteiger partial charge is 0.325 e. The first-order valence-electron chi connectivity index (χ1n) is 10.3. The zero-order valence-corrected chi connectivity index (χ0v) is 17.9. The van der Waals surface area contributed by atoms with Crippen molar-refractivity contribution in [2.75, 3.05) is 6.54 Å². The number of rotatable bonds is 6. The minimum atomic E-state index is -1.22. The normalized spacial score (nSPS) is 18.9. The first kappa shape index (κ1) is 21.2. The van der Waals surface area contributed by atoms with E-state index in [-0.39, 0.29) is 6.54 Å². The van der Waals surface area contributed by atoms with Crippen molar-refractivity contribution >= 4 is 17.8 Å². The lowest BCUT2D eigenvalue weighted by Gasteiger charge is -2.23. The monoisotopic (exact) mass is 428 g/mol. The molecule has 162 valence electrons. The molecule has 2 atom stereocenters. The summed E-state index contributed by atoms with van der Waals surface area (Å²) >= 11 is 0. The topological polar surface area (TPSA) is 91.4 Å². The van der Waals surface area contributed by atoms with E-state index < -0.39 is 29.4 Å². The molecule has 1 aliphatic rings. The summed E-state index contributed by atoms with van der Waals surface area (Å²) in [7, 11) is 0. The lowest BCUT2D eigenvalue weighted by atomic mass is 9.91. The first-order valence-corrected chi connectivity index (χ1v) is 10.3. The van der Waals surface area contributed by atoms with Crippen LogP contribution in [0.2, 0.25) is 0 Å². The summed E-state index contributed by atoms with van der Waals surface area (Å²) in [5.74, 6) is -0.920. The number of benzene rings is 2. The lowest BCUT2D eigenvalue weighted by Crippen LogP contribution is -2.44. The number of nitrogens with one attached hydrogen (secondary N) is 2. The highest BCUT2D eigenvalue weighted by Crippen LogP contribution is 2.29. The summed E-state index contributed by atoms with van der Waals surface area (Å²) in [6.45, 7) is 3.21. The Hall–Kier alpha value is -4.00. The van der Waals surface area contributed by atoms with E-state index in [1.807, 2.05) is 73.7 Å². The van der Waals surface area contributed by atoms with E-state index in [1.54, 1.807) is 19.2 Å². The number of imide groups is 1. The molecule has 1 saturated heterocycles. The number of amides is 4. The first-order chi connectivity index (χ1) is 15.4. The van der Waals surface area contributed by atoms with Gasteiger partial charge in [-0.1, -0.05) is 66.2 Å². The van der Waals surface area contributed by atoms with Crippen molar-refractivity contribution in [2.45, 2.75) is 25.4 Å². The summed E-state index contributed by atoms with van der Waals surface area (Å²) in [5.41, 5.74) is 2.01. The molecule has 0 aliphatic carbocycles. The van der Waals surface area contributed by atoms with E-state index in [1.165, 1.54) is 0 Å². The fourth-order valence-electron chi connectivity index (χ4n) is 3.79. The Morgan fingerprint density at radius 1 is 1.03 bits per heavy atom. The number of carbonyl (C=O) groups excluding carboxylic acids is 3. The van der Waals surface area contributed by atoms with E-state index in [2.05, 4.69) is 15.6 Å². The van der Waals surface area contributed by atoms with Gasteiger partial charge in [-0.15, -0.1) is 0 Å². The van der Waals surface area contributed by atoms with Gasteiger partial charge in [0.25, 0.3) is 5.91 Å². The van der Waals surface area contributed by atoms with Crippen molar-refractivity contribution < 1.29 is 14.4 Å². The molecule has 0 radical (unpaired) electrons. The van der Waals surface area contributed by atoms with Crippen LogP contribution < -0.4 is 10.6 Å². The number of carbonyl (C=O) groups is 3. The quantitative estimate of drug-likeness (QED) is 0.591.